The Morgan fingerprint density at radius 1 is 1.30 bits per heavy atom. The Bertz CT molecular complexity index is 952. The zero-order valence-corrected chi connectivity index (χ0v) is 14.4. The Morgan fingerprint density at radius 3 is 2.81 bits per heavy atom. The number of nitro benzene ring substituents is 1. The molecule has 0 unspecified atom stereocenters. The van der Waals surface area contributed by atoms with Crippen molar-refractivity contribution in [2.75, 3.05) is 13.1 Å². The number of nitro groups is 1. The first-order valence-corrected chi connectivity index (χ1v) is 8.61. The lowest BCUT2D eigenvalue weighted by molar-refractivity contribution is -0.384. The molecule has 1 aromatic carbocycles. The first-order chi connectivity index (χ1) is 13.1. The highest BCUT2D eigenvalue weighted by Crippen LogP contribution is 2.24. The van der Waals surface area contributed by atoms with Crippen molar-refractivity contribution in [1.82, 2.24) is 14.9 Å². The molecule has 0 spiro atoms. The van der Waals surface area contributed by atoms with Crippen LogP contribution in [-0.4, -0.2) is 39.0 Å². The van der Waals surface area contributed by atoms with Crippen LogP contribution in [0.2, 0.25) is 0 Å². The van der Waals surface area contributed by atoms with Gasteiger partial charge in [0.2, 0.25) is 11.8 Å². The van der Waals surface area contributed by atoms with E-state index in [1.54, 1.807) is 12.1 Å². The number of ether oxygens (including phenoxy) is 1. The van der Waals surface area contributed by atoms with E-state index >= 15 is 0 Å². The van der Waals surface area contributed by atoms with E-state index in [4.69, 9.17) is 9.15 Å². The molecule has 1 aliphatic rings. The summed E-state index contributed by atoms with van der Waals surface area (Å²) in [5, 5.41) is 10.9. The number of halogens is 1. The summed E-state index contributed by atoms with van der Waals surface area (Å²) < 4.78 is 24.4. The molecule has 1 fully saturated rings. The summed E-state index contributed by atoms with van der Waals surface area (Å²) in [6.07, 6.45) is 3.09. The summed E-state index contributed by atoms with van der Waals surface area (Å²) in [5.74, 6) is 0.573. The lowest BCUT2D eigenvalue weighted by atomic mass is 10.1. The van der Waals surface area contributed by atoms with Crippen LogP contribution < -0.4 is 4.74 Å². The Hall–Kier alpha value is -3.07. The lowest BCUT2D eigenvalue weighted by Gasteiger charge is -2.31. The highest BCUT2D eigenvalue weighted by Gasteiger charge is 2.22. The first kappa shape index (κ1) is 17.3. The van der Waals surface area contributed by atoms with E-state index in [9.17, 15) is 14.5 Å². The van der Waals surface area contributed by atoms with E-state index in [-0.39, 0.29) is 11.8 Å². The SMILES string of the molecule is O=[N+]([O-])c1ccc2oc(CN3CCC(Oc4ccc(F)nc4)CC3)nc2c1. The smallest absolute Gasteiger partial charge is 0.271 e. The quantitative estimate of drug-likeness (QED) is 0.385. The van der Waals surface area contributed by atoms with Crippen LogP contribution in [0.1, 0.15) is 18.7 Å². The van der Waals surface area contributed by atoms with Gasteiger partial charge in [-0.05, 0) is 31.0 Å². The van der Waals surface area contributed by atoms with E-state index in [0.29, 0.717) is 29.3 Å². The van der Waals surface area contributed by atoms with Crippen molar-refractivity contribution in [2.24, 2.45) is 0 Å². The van der Waals surface area contributed by atoms with E-state index in [0.717, 1.165) is 25.9 Å². The minimum atomic E-state index is -0.527. The molecule has 0 atom stereocenters. The summed E-state index contributed by atoms with van der Waals surface area (Å²) in [7, 11) is 0. The number of likely N-dealkylation sites (tertiary alicyclic amines) is 1. The van der Waals surface area contributed by atoms with Gasteiger partial charge in [-0.3, -0.25) is 15.0 Å². The molecule has 4 rings (SSSR count). The number of hydrogen-bond acceptors (Lipinski definition) is 7. The summed E-state index contributed by atoms with van der Waals surface area (Å²) in [6.45, 7) is 2.14. The maximum Gasteiger partial charge on any atom is 0.271 e. The minimum Gasteiger partial charge on any atom is -0.489 e. The van der Waals surface area contributed by atoms with Gasteiger partial charge in [0.1, 0.15) is 17.4 Å². The van der Waals surface area contributed by atoms with E-state index in [1.807, 2.05) is 0 Å². The standard InChI is InChI=1S/C18H17FN4O4/c19-17-4-2-14(10-20-17)26-13-5-7-22(8-6-13)11-18-21-15-9-12(23(24)25)1-3-16(15)27-18/h1-4,9-10,13H,5-8,11H2. The molecule has 0 bridgehead atoms. The monoisotopic (exact) mass is 372 g/mol. The number of aromatic nitrogens is 2. The number of nitrogens with zero attached hydrogens (tertiary/aromatic N) is 4. The molecular weight excluding hydrogens is 355 g/mol. The molecule has 140 valence electrons. The summed E-state index contributed by atoms with van der Waals surface area (Å²) in [6, 6.07) is 7.25. The largest absolute Gasteiger partial charge is 0.489 e. The fourth-order valence-electron chi connectivity index (χ4n) is 3.15. The summed E-state index contributed by atoms with van der Waals surface area (Å²) >= 11 is 0. The molecule has 9 heteroatoms. The average Bonchev–Trinajstić information content (AvgIpc) is 3.06. The third-order valence-corrected chi connectivity index (χ3v) is 4.52. The average molecular weight is 372 g/mol. The van der Waals surface area contributed by atoms with E-state index in [2.05, 4.69) is 14.9 Å². The van der Waals surface area contributed by atoms with Crippen LogP contribution >= 0.6 is 0 Å². The van der Waals surface area contributed by atoms with Gasteiger partial charge >= 0.3 is 0 Å². The Kier molecular flexibility index (Phi) is 4.68. The maximum absolute atomic E-state index is 12.8. The molecule has 1 saturated heterocycles. The molecule has 8 nitrogen and oxygen atoms in total. The fourth-order valence-corrected chi connectivity index (χ4v) is 3.15. The van der Waals surface area contributed by atoms with Crippen molar-refractivity contribution in [3.05, 3.63) is 58.5 Å². The van der Waals surface area contributed by atoms with Crippen LogP contribution in [0.25, 0.3) is 11.1 Å². The molecule has 0 radical (unpaired) electrons. The van der Waals surface area contributed by atoms with Crippen LogP contribution in [0.15, 0.2) is 40.9 Å². The molecule has 0 aliphatic carbocycles. The molecule has 1 aliphatic heterocycles. The number of non-ortho nitro benzene ring substituents is 1. The normalized spacial score (nSPS) is 15.9. The van der Waals surface area contributed by atoms with Gasteiger partial charge in [0.15, 0.2) is 5.58 Å². The third kappa shape index (κ3) is 4.03. The second-order valence-electron chi connectivity index (χ2n) is 6.43. The van der Waals surface area contributed by atoms with Gasteiger partial charge in [0, 0.05) is 25.2 Å². The predicted octanol–water partition coefficient (Wildman–Crippen LogP) is 3.31. The maximum atomic E-state index is 12.8. The van der Waals surface area contributed by atoms with Gasteiger partial charge in [-0.25, -0.2) is 9.97 Å². The van der Waals surface area contributed by atoms with Gasteiger partial charge in [-0.1, -0.05) is 0 Å². The fraction of sp³-hybridized carbons (Fsp3) is 0.333. The molecule has 0 N–H and O–H groups in total. The molecule has 0 saturated carbocycles. The number of piperidine rings is 1. The molecule has 27 heavy (non-hydrogen) atoms. The van der Waals surface area contributed by atoms with Crippen molar-refractivity contribution in [1.29, 1.82) is 0 Å². The number of fused-ring (bicyclic) bond motifs is 1. The number of hydrogen-bond donors (Lipinski definition) is 0. The number of benzene rings is 1. The van der Waals surface area contributed by atoms with Crippen LogP contribution in [0, 0.1) is 16.1 Å². The van der Waals surface area contributed by atoms with Crippen LogP contribution in [0.4, 0.5) is 10.1 Å². The van der Waals surface area contributed by atoms with Crippen molar-refractivity contribution in [2.45, 2.75) is 25.5 Å². The predicted molar refractivity (Wildman–Crippen MR) is 93.8 cm³/mol. The second-order valence-corrected chi connectivity index (χ2v) is 6.43. The van der Waals surface area contributed by atoms with Gasteiger partial charge < -0.3 is 9.15 Å². The summed E-state index contributed by atoms with van der Waals surface area (Å²) in [4.78, 5) is 20.5. The topological polar surface area (TPSA) is 94.5 Å². The summed E-state index contributed by atoms with van der Waals surface area (Å²) in [5.41, 5.74) is 1.02. The Morgan fingerprint density at radius 2 is 2.11 bits per heavy atom. The van der Waals surface area contributed by atoms with Crippen molar-refractivity contribution in [3.8, 4) is 5.75 Å². The van der Waals surface area contributed by atoms with Gasteiger partial charge in [-0.2, -0.15) is 4.39 Å². The lowest BCUT2D eigenvalue weighted by Crippen LogP contribution is -2.37. The highest BCUT2D eigenvalue weighted by atomic mass is 19.1. The molecule has 2 aromatic heterocycles. The van der Waals surface area contributed by atoms with Gasteiger partial charge in [0.05, 0.1) is 17.7 Å². The third-order valence-electron chi connectivity index (χ3n) is 4.52. The van der Waals surface area contributed by atoms with Crippen molar-refractivity contribution in [3.63, 3.8) is 0 Å². The van der Waals surface area contributed by atoms with Crippen LogP contribution in [0.5, 0.6) is 5.75 Å². The number of pyridine rings is 1. The minimum absolute atomic E-state index is 0.00408. The molecule has 3 heterocycles. The van der Waals surface area contributed by atoms with Gasteiger partial charge in [-0.15, -0.1) is 0 Å². The molecule has 0 amide bonds. The van der Waals surface area contributed by atoms with Crippen LogP contribution in [-0.2, 0) is 6.54 Å². The number of oxazole rings is 1. The molecular formula is C18H17FN4O4. The zero-order chi connectivity index (χ0) is 18.8. The van der Waals surface area contributed by atoms with E-state index in [1.165, 1.54) is 24.4 Å². The molecule has 3 aromatic rings. The highest BCUT2D eigenvalue weighted by molar-refractivity contribution is 5.75. The van der Waals surface area contributed by atoms with Crippen molar-refractivity contribution >= 4 is 16.8 Å². The van der Waals surface area contributed by atoms with Crippen molar-refractivity contribution < 1.29 is 18.5 Å². The Balaban J connectivity index is 1.34. The number of rotatable bonds is 5. The second kappa shape index (κ2) is 7.28. The van der Waals surface area contributed by atoms with Crippen LogP contribution in [0.3, 0.4) is 0 Å². The zero-order valence-electron chi connectivity index (χ0n) is 14.4. The van der Waals surface area contributed by atoms with E-state index < -0.39 is 10.9 Å². The first-order valence-electron chi connectivity index (χ1n) is 8.61. The Labute approximate surface area is 153 Å². The van der Waals surface area contributed by atoms with Gasteiger partial charge in [0.25, 0.3) is 5.69 Å².